The molecule has 0 bridgehead atoms. The first-order valence-corrected chi connectivity index (χ1v) is 10.3. The largest absolute Gasteiger partial charge is 0.500 e. The normalized spacial score (nSPS) is 15.7. The number of nitro benzene ring substituents is 1. The van der Waals surface area contributed by atoms with Crippen molar-refractivity contribution in [3.63, 3.8) is 0 Å². The van der Waals surface area contributed by atoms with Crippen molar-refractivity contribution in [3.8, 4) is 11.5 Å². The molecule has 30 heavy (non-hydrogen) atoms. The number of ether oxygens (including phenoxy) is 1. The van der Waals surface area contributed by atoms with Gasteiger partial charge in [0.2, 0.25) is 5.75 Å². The molecule has 1 aliphatic heterocycles. The maximum Gasteiger partial charge on any atom is 0.315 e. The summed E-state index contributed by atoms with van der Waals surface area (Å²) in [7, 11) is 0. The topological polar surface area (TPSA) is 97.0 Å². The first kappa shape index (κ1) is 19.7. The van der Waals surface area contributed by atoms with E-state index in [4.69, 9.17) is 4.74 Å². The van der Waals surface area contributed by atoms with E-state index in [0.29, 0.717) is 5.56 Å². The number of phenols is 1. The summed E-state index contributed by atoms with van der Waals surface area (Å²) >= 11 is 1.56. The van der Waals surface area contributed by atoms with Gasteiger partial charge in [-0.3, -0.25) is 15.1 Å². The van der Waals surface area contributed by atoms with Crippen molar-refractivity contribution in [1.82, 2.24) is 5.32 Å². The smallest absolute Gasteiger partial charge is 0.315 e. The summed E-state index contributed by atoms with van der Waals surface area (Å²) < 4.78 is 5.46. The SMILES string of the molecule is CCOc1cc(C2N=CNC(c3ccccc3)=C2c2ccsc2)cc([N+](=O)[O-])c1O. The number of thiophene rings is 1. The molecule has 0 spiro atoms. The molecular formula is C22H19N3O4S. The summed E-state index contributed by atoms with van der Waals surface area (Å²) in [4.78, 5) is 15.5. The van der Waals surface area contributed by atoms with Crippen molar-refractivity contribution >= 4 is 34.6 Å². The Morgan fingerprint density at radius 2 is 2.03 bits per heavy atom. The molecular weight excluding hydrogens is 402 g/mol. The Morgan fingerprint density at radius 1 is 1.23 bits per heavy atom. The molecule has 0 fully saturated rings. The Hall–Kier alpha value is -3.65. The number of nitro groups is 1. The Bertz CT molecular complexity index is 1120. The molecule has 152 valence electrons. The summed E-state index contributed by atoms with van der Waals surface area (Å²) in [6.07, 6.45) is 1.60. The van der Waals surface area contributed by atoms with Gasteiger partial charge in [-0.1, -0.05) is 30.3 Å². The van der Waals surface area contributed by atoms with Gasteiger partial charge in [0.1, 0.15) is 6.04 Å². The van der Waals surface area contributed by atoms with Crippen molar-refractivity contribution in [2.75, 3.05) is 6.61 Å². The van der Waals surface area contributed by atoms with Crippen LogP contribution in [0.4, 0.5) is 5.69 Å². The average Bonchev–Trinajstić information content (AvgIpc) is 3.30. The second-order valence-corrected chi connectivity index (χ2v) is 7.35. The van der Waals surface area contributed by atoms with E-state index in [1.54, 1.807) is 30.7 Å². The molecule has 1 atom stereocenters. The molecule has 0 saturated carbocycles. The number of benzene rings is 2. The maximum absolute atomic E-state index is 11.5. The van der Waals surface area contributed by atoms with E-state index in [1.165, 1.54) is 6.07 Å². The number of hydrogen-bond acceptors (Lipinski definition) is 7. The van der Waals surface area contributed by atoms with Gasteiger partial charge in [0.25, 0.3) is 0 Å². The van der Waals surface area contributed by atoms with Crippen LogP contribution in [0.25, 0.3) is 11.3 Å². The van der Waals surface area contributed by atoms with Gasteiger partial charge in [-0.2, -0.15) is 11.3 Å². The highest BCUT2D eigenvalue weighted by molar-refractivity contribution is 7.08. The van der Waals surface area contributed by atoms with E-state index in [1.807, 2.05) is 47.2 Å². The molecule has 1 aromatic heterocycles. The standard InChI is InChI=1S/C22H19N3O4S/c1-2-29-18-11-16(10-17(22(18)26)25(27)28)21-19(15-8-9-30-12-15)20(23-13-24-21)14-6-4-3-5-7-14/h3-13,21,26H,2H2,1H3,(H,23,24). The van der Waals surface area contributed by atoms with Gasteiger partial charge in [-0.15, -0.1) is 0 Å². The molecule has 7 nitrogen and oxygen atoms in total. The quantitative estimate of drug-likeness (QED) is 0.431. The molecule has 4 rings (SSSR count). The molecule has 3 aromatic rings. The maximum atomic E-state index is 11.5. The average molecular weight is 421 g/mol. The van der Waals surface area contributed by atoms with Gasteiger partial charge < -0.3 is 15.2 Å². The van der Waals surface area contributed by atoms with Gasteiger partial charge in [-0.25, -0.2) is 0 Å². The van der Waals surface area contributed by atoms with Crippen molar-refractivity contribution in [2.45, 2.75) is 13.0 Å². The van der Waals surface area contributed by atoms with Gasteiger partial charge >= 0.3 is 5.69 Å². The van der Waals surface area contributed by atoms with Crippen LogP contribution in [0.3, 0.4) is 0 Å². The van der Waals surface area contributed by atoms with E-state index in [-0.39, 0.29) is 12.4 Å². The van der Waals surface area contributed by atoms with Crippen LogP contribution < -0.4 is 10.1 Å². The molecule has 0 radical (unpaired) electrons. The second-order valence-electron chi connectivity index (χ2n) is 6.57. The van der Waals surface area contributed by atoms with Crippen LogP contribution in [0, 0.1) is 10.1 Å². The predicted octanol–water partition coefficient (Wildman–Crippen LogP) is 5.00. The fourth-order valence-electron chi connectivity index (χ4n) is 3.46. The monoisotopic (exact) mass is 421 g/mol. The summed E-state index contributed by atoms with van der Waals surface area (Å²) in [5, 5.41) is 29.0. The van der Waals surface area contributed by atoms with Gasteiger partial charge in [-0.05, 0) is 46.5 Å². The molecule has 2 N–H and O–H groups in total. The Balaban J connectivity index is 1.93. The molecule has 1 unspecified atom stereocenters. The zero-order chi connectivity index (χ0) is 21.1. The van der Waals surface area contributed by atoms with E-state index in [9.17, 15) is 15.2 Å². The van der Waals surface area contributed by atoms with E-state index in [2.05, 4.69) is 10.3 Å². The lowest BCUT2D eigenvalue weighted by Gasteiger charge is -2.25. The number of rotatable bonds is 6. The molecule has 0 aliphatic carbocycles. The lowest BCUT2D eigenvalue weighted by Crippen LogP contribution is -2.20. The number of aromatic hydroxyl groups is 1. The fourth-order valence-corrected chi connectivity index (χ4v) is 4.11. The zero-order valence-corrected chi connectivity index (χ0v) is 16.9. The molecule has 1 aliphatic rings. The molecule has 0 saturated heterocycles. The Morgan fingerprint density at radius 3 is 2.70 bits per heavy atom. The number of aliphatic imine (C=N–C) groups is 1. The third kappa shape index (κ3) is 3.65. The van der Waals surface area contributed by atoms with Crippen molar-refractivity contribution in [1.29, 1.82) is 0 Å². The zero-order valence-electron chi connectivity index (χ0n) is 16.1. The number of hydrogen-bond donors (Lipinski definition) is 2. The fraction of sp³-hybridized carbons (Fsp3) is 0.136. The van der Waals surface area contributed by atoms with E-state index >= 15 is 0 Å². The van der Waals surface area contributed by atoms with E-state index in [0.717, 1.165) is 22.4 Å². The summed E-state index contributed by atoms with van der Waals surface area (Å²) in [5.41, 5.74) is 3.89. The highest BCUT2D eigenvalue weighted by atomic mass is 32.1. The minimum atomic E-state index is -0.613. The number of phenolic OH excluding ortho intramolecular Hbond substituents is 1. The first-order chi connectivity index (χ1) is 14.6. The lowest BCUT2D eigenvalue weighted by atomic mass is 9.89. The highest BCUT2D eigenvalue weighted by Crippen LogP contribution is 2.45. The van der Waals surface area contributed by atoms with Gasteiger partial charge in [0.15, 0.2) is 5.75 Å². The minimum absolute atomic E-state index is 0.0707. The van der Waals surface area contributed by atoms with Crippen molar-refractivity contribution in [2.24, 2.45) is 4.99 Å². The van der Waals surface area contributed by atoms with Crippen LogP contribution in [-0.4, -0.2) is 23.0 Å². The molecule has 8 heteroatoms. The lowest BCUT2D eigenvalue weighted by molar-refractivity contribution is -0.386. The second kappa shape index (κ2) is 8.38. The van der Waals surface area contributed by atoms with Crippen LogP contribution in [0.5, 0.6) is 11.5 Å². The summed E-state index contributed by atoms with van der Waals surface area (Å²) in [6.45, 7) is 2.02. The van der Waals surface area contributed by atoms with Crippen molar-refractivity contribution < 1.29 is 14.8 Å². The summed E-state index contributed by atoms with van der Waals surface area (Å²) in [6, 6.07) is 14.3. The molecule has 2 heterocycles. The van der Waals surface area contributed by atoms with Gasteiger partial charge in [0.05, 0.1) is 23.6 Å². The predicted molar refractivity (Wildman–Crippen MR) is 118 cm³/mol. The van der Waals surface area contributed by atoms with Crippen molar-refractivity contribution in [3.05, 3.63) is 86.1 Å². The van der Waals surface area contributed by atoms with Gasteiger partial charge in [0, 0.05) is 11.6 Å². The Labute approximate surface area is 177 Å². The summed E-state index contributed by atoms with van der Waals surface area (Å²) in [5.74, 6) is -0.408. The van der Waals surface area contributed by atoms with Crippen LogP contribution in [-0.2, 0) is 0 Å². The van der Waals surface area contributed by atoms with Crippen LogP contribution in [0.15, 0.2) is 64.3 Å². The number of nitrogens with one attached hydrogen (secondary N) is 1. The molecule has 0 amide bonds. The Kier molecular flexibility index (Phi) is 5.49. The van der Waals surface area contributed by atoms with Crippen LogP contribution >= 0.6 is 11.3 Å². The highest BCUT2D eigenvalue weighted by Gasteiger charge is 2.29. The third-order valence-corrected chi connectivity index (χ3v) is 5.44. The minimum Gasteiger partial charge on any atom is -0.500 e. The van der Waals surface area contributed by atoms with Crippen LogP contribution in [0.2, 0.25) is 0 Å². The third-order valence-electron chi connectivity index (χ3n) is 4.76. The van der Waals surface area contributed by atoms with Crippen LogP contribution in [0.1, 0.15) is 29.7 Å². The number of nitrogens with zero attached hydrogens (tertiary/aromatic N) is 2. The first-order valence-electron chi connectivity index (χ1n) is 9.34. The van der Waals surface area contributed by atoms with E-state index < -0.39 is 22.4 Å². The molecule has 2 aromatic carbocycles.